The third-order valence-corrected chi connectivity index (χ3v) is 9.66. The Morgan fingerprint density at radius 3 is 2.04 bits per heavy atom. The Bertz CT molecular complexity index is 1740. The number of carbonyl (C=O) groups is 1. The summed E-state index contributed by atoms with van der Waals surface area (Å²) in [4.78, 5) is 22.0. The van der Waals surface area contributed by atoms with E-state index in [1.807, 2.05) is 6.07 Å². The van der Waals surface area contributed by atoms with Crippen molar-refractivity contribution in [2.75, 3.05) is 37.6 Å². The van der Waals surface area contributed by atoms with Crippen molar-refractivity contribution in [1.29, 1.82) is 0 Å². The first-order chi connectivity index (χ1) is 22.6. The minimum atomic E-state index is 0.0714. The van der Waals surface area contributed by atoms with E-state index in [1.165, 1.54) is 36.1 Å². The zero-order chi connectivity index (χ0) is 31.3. The summed E-state index contributed by atoms with van der Waals surface area (Å²) in [6.45, 7) is 7.62. The molecule has 3 heterocycles. The second kappa shape index (κ2) is 13.8. The highest BCUT2D eigenvalue weighted by Crippen LogP contribution is 2.34. The van der Waals surface area contributed by atoms with Crippen LogP contribution in [-0.2, 0) is 13.0 Å². The molecule has 0 spiro atoms. The van der Waals surface area contributed by atoms with Gasteiger partial charge in [-0.05, 0) is 73.6 Å². The first-order valence-corrected chi connectivity index (χ1v) is 16.9. The van der Waals surface area contributed by atoms with E-state index in [9.17, 15) is 4.79 Å². The highest BCUT2D eigenvalue weighted by atomic mass is 16.2. The lowest BCUT2D eigenvalue weighted by Crippen LogP contribution is -2.55. The summed E-state index contributed by atoms with van der Waals surface area (Å²) in [6.07, 6.45) is 4.62. The minimum absolute atomic E-state index is 0.0714. The van der Waals surface area contributed by atoms with Crippen LogP contribution in [0.2, 0.25) is 0 Å². The molecule has 0 aliphatic carbocycles. The zero-order valence-corrected chi connectivity index (χ0v) is 26.9. The molecule has 2 saturated heterocycles. The molecule has 0 N–H and O–H groups in total. The van der Waals surface area contributed by atoms with Gasteiger partial charge >= 0.3 is 0 Å². The fourth-order valence-corrected chi connectivity index (χ4v) is 7.38. The molecule has 46 heavy (non-hydrogen) atoms. The van der Waals surface area contributed by atoms with Gasteiger partial charge in [-0.2, -0.15) is 0 Å². The summed E-state index contributed by atoms with van der Waals surface area (Å²) in [5, 5.41) is 0. The summed E-state index contributed by atoms with van der Waals surface area (Å²) in [7, 11) is 0. The number of amides is 1. The number of piperidine rings is 1. The molecule has 0 bridgehead atoms. The van der Waals surface area contributed by atoms with Gasteiger partial charge in [0.25, 0.3) is 5.91 Å². The van der Waals surface area contributed by atoms with Crippen LogP contribution in [0.4, 0.5) is 5.69 Å². The van der Waals surface area contributed by atoms with Gasteiger partial charge in [0.05, 0.1) is 11.3 Å². The standard InChI is InChI=1S/C41H44N4O/c1-32-27-39(40(35-19-10-4-11-20-35)45(32)37-22-14-21-36(29-37)43-23-12-5-13-24-43)41(46)44-26-25-42(30-34-17-8-3-9-18-34)31-38(44)28-33-15-6-2-7-16-33/h2-4,6-11,14-22,27,29,38H,5,12-13,23-26,28,30-31H2,1H3/t38-/m1/s1. The van der Waals surface area contributed by atoms with Gasteiger partial charge in [-0.15, -0.1) is 0 Å². The Hall–Kier alpha value is -4.61. The van der Waals surface area contributed by atoms with Crippen LogP contribution < -0.4 is 4.90 Å². The van der Waals surface area contributed by atoms with Crippen LogP contribution in [-0.4, -0.2) is 59.0 Å². The monoisotopic (exact) mass is 608 g/mol. The predicted molar refractivity (Wildman–Crippen MR) is 189 cm³/mol. The number of anilines is 1. The number of aryl methyl sites for hydroxylation is 1. The van der Waals surface area contributed by atoms with Crippen molar-refractivity contribution in [1.82, 2.24) is 14.4 Å². The van der Waals surface area contributed by atoms with Gasteiger partial charge in [0.2, 0.25) is 0 Å². The molecule has 1 atom stereocenters. The maximum atomic E-state index is 14.9. The molecule has 5 nitrogen and oxygen atoms in total. The van der Waals surface area contributed by atoms with Crippen LogP contribution in [0.25, 0.3) is 16.9 Å². The molecule has 2 aliphatic heterocycles. The normalized spacial score (nSPS) is 17.3. The molecule has 0 radical (unpaired) electrons. The first kappa shape index (κ1) is 30.1. The number of benzene rings is 4. The van der Waals surface area contributed by atoms with Crippen LogP contribution in [0.5, 0.6) is 0 Å². The largest absolute Gasteiger partial charge is 0.371 e. The average molecular weight is 609 g/mol. The SMILES string of the molecule is Cc1cc(C(=O)N2CCN(Cc3ccccc3)C[C@H]2Cc2ccccc2)c(-c2ccccc2)n1-c1cccc(N2CCCCC2)c1. The summed E-state index contributed by atoms with van der Waals surface area (Å²) in [6, 6.07) is 42.8. The number of piperazine rings is 1. The third-order valence-electron chi connectivity index (χ3n) is 9.66. The maximum Gasteiger partial charge on any atom is 0.256 e. The van der Waals surface area contributed by atoms with Crippen molar-refractivity contribution >= 4 is 11.6 Å². The Morgan fingerprint density at radius 2 is 1.33 bits per heavy atom. The number of hydrogen-bond acceptors (Lipinski definition) is 3. The van der Waals surface area contributed by atoms with Crippen molar-refractivity contribution < 1.29 is 4.79 Å². The Morgan fingerprint density at radius 1 is 0.674 bits per heavy atom. The van der Waals surface area contributed by atoms with E-state index in [0.717, 1.165) is 67.3 Å². The fourth-order valence-electron chi connectivity index (χ4n) is 7.38. The summed E-state index contributed by atoms with van der Waals surface area (Å²) in [5.41, 5.74) is 8.82. The molecule has 5 aromatic rings. The molecule has 2 fully saturated rings. The van der Waals surface area contributed by atoms with E-state index < -0.39 is 0 Å². The fraction of sp³-hybridized carbons (Fsp3) is 0.293. The molecule has 0 saturated carbocycles. The highest BCUT2D eigenvalue weighted by molar-refractivity contribution is 6.01. The van der Waals surface area contributed by atoms with Gasteiger partial charge < -0.3 is 14.4 Å². The molecular formula is C41H44N4O. The Kier molecular flexibility index (Phi) is 9.02. The predicted octanol–water partition coefficient (Wildman–Crippen LogP) is 8.01. The molecule has 7 rings (SSSR count). The first-order valence-electron chi connectivity index (χ1n) is 16.9. The summed E-state index contributed by atoms with van der Waals surface area (Å²) in [5.74, 6) is 0.119. The lowest BCUT2D eigenvalue weighted by atomic mass is 9.99. The number of rotatable bonds is 8. The van der Waals surface area contributed by atoms with Crippen LogP contribution in [0.15, 0.2) is 121 Å². The number of carbonyl (C=O) groups excluding carboxylic acids is 1. The minimum Gasteiger partial charge on any atom is -0.371 e. The van der Waals surface area contributed by atoms with E-state index in [1.54, 1.807) is 0 Å². The zero-order valence-electron chi connectivity index (χ0n) is 26.9. The Balaban J connectivity index is 1.25. The molecule has 5 heteroatoms. The number of aromatic nitrogens is 1. The average Bonchev–Trinajstić information content (AvgIpc) is 3.47. The van der Waals surface area contributed by atoms with Crippen LogP contribution >= 0.6 is 0 Å². The van der Waals surface area contributed by atoms with E-state index >= 15 is 0 Å². The molecular weight excluding hydrogens is 564 g/mol. The molecule has 4 aromatic carbocycles. The quantitative estimate of drug-likeness (QED) is 0.179. The summed E-state index contributed by atoms with van der Waals surface area (Å²) < 4.78 is 2.30. The van der Waals surface area contributed by atoms with E-state index in [0.29, 0.717) is 6.54 Å². The molecule has 0 unspecified atom stereocenters. The molecule has 234 valence electrons. The smallest absolute Gasteiger partial charge is 0.256 e. The summed E-state index contributed by atoms with van der Waals surface area (Å²) >= 11 is 0. The second-order valence-corrected chi connectivity index (χ2v) is 12.9. The third kappa shape index (κ3) is 6.52. The van der Waals surface area contributed by atoms with Gasteiger partial charge in [-0.25, -0.2) is 0 Å². The van der Waals surface area contributed by atoms with Crippen molar-refractivity contribution in [2.24, 2.45) is 0 Å². The van der Waals surface area contributed by atoms with Crippen molar-refractivity contribution in [3.63, 3.8) is 0 Å². The van der Waals surface area contributed by atoms with Crippen molar-refractivity contribution in [2.45, 2.75) is 45.2 Å². The second-order valence-electron chi connectivity index (χ2n) is 12.9. The lowest BCUT2D eigenvalue weighted by Gasteiger charge is -2.42. The highest BCUT2D eigenvalue weighted by Gasteiger charge is 2.34. The van der Waals surface area contributed by atoms with Gasteiger partial charge in [0.1, 0.15) is 0 Å². The molecule has 2 aliphatic rings. The van der Waals surface area contributed by atoms with E-state index in [-0.39, 0.29) is 11.9 Å². The molecule has 1 amide bonds. The van der Waals surface area contributed by atoms with Gasteiger partial charge in [-0.3, -0.25) is 9.69 Å². The number of hydrogen-bond donors (Lipinski definition) is 0. The van der Waals surface area contributed by atoms with Gasteiger partial charge in [0.15, 0.2) is 0 Å². The van der Waals surface area contributed by atoms with Gasteiger partial charge in [-0.1, -0.05) is 97.1 Å². The lowest BCUT2D eigenvalue weighted by molar-refractivity contribution is 0.0439. The van der Waals surface area contributed by atoms with Crippen molar-refractivity contribution in [3.8, 4) is 16.9 Å². The molecule has 1 aromatic heterocycles. The van der Waals surface area contributed by atoms with Gasteiger partial charge in [0, 0.05) is 62.4 Å². The topological polar surface area (TPSA) is 31.7 Å². The van der Waals surface area contributed by atoms with Crippen LogP contribution in [0, 0.1) is 6.92 Å². The maximum absolute atomic E-state index is 14.9. The van der Waals surface area contributed by atoms with Crippen LogP contribution in [0.3, 0.4) is 0 Å². The van der Waals surface area contributed by atoms with E-state index in [2.05, 4.69) is 141 Å². The van der Waals surface area contributed by atoms with Crippen molar-refractivity contribution in [3.05, 3.63) is 144 Å². The number of nitrogens with zero attached hydrogens (tertiary/aromatic N) is 4. The Labute approximate surface area is 273 Å². The van der Waals surface area contributed by atoms with Crippen LogP contribution in [0.1, 0.15) is 46.4 Å². The van der Waals surface area contributed by atoms with E-state index in [4.69, 9.17) is 0 Å².